The van der Waals surface area contributed by atoms with Crippen LogP contribution < -0.4 is 4.72 Å². The van der Waals surface area contributed by atoms with Gasteiger partial charge in [0, 0.05) is 33.2 Å². The van der Waals surface area contributed by atoms with Crippen LogP contribution in [0.1, 0.15) is 28.5 Å². The Labute approximate surface area is 161 Å². The summed E-state index contributed by atoms with van der Waals surface area (Å²) in [6, 6.07) is 11.4. The van der Waals surface area contributed by atoms with Crippen LogP contribution in [0, 0.1) is 13.8 Å². The van der Waals surface area contributed by atoms with E-state index in [4.69, 9.17) is 0 Å². The number of nitrogens with zero attached hydrogens (tertiary/aromatic N) is 1. The van der Waals surface area contributed by atoms with Gasteiger partial charge in [-0.3, -0.25) is 4.79 Å². The third kappa shape index (κ3) is 3.29. The summed E-state index contributed by atoms with van der Waals surface area (Å²) in [5.41, 5.74) is 3.58. The van der Waals surface area contributed by atoms with Gasteiger partial charge in [0.05, 0.1) is 4.90 Å². The van der Waals surface area contributed by atoms with Gasteiger partial charge in [-0.1, -0.05) is 15.9 Å². The van der Waals surface area contributed by atoms with E-state index in [1.54, 1.807) is 24.3 Å². The molecule has 0 aliphatic carbocycles. The first-order chi connectivity index (χ1) is 12.2. The second-order valence-corrected chi connectivity index (χ2v) is 8.67. The summed E-state index contributed by atoms with van der Waals surface area (Å²) in [6.45, 7) is 6.94. The lowest BCUT2D eigenvalue weighted by molar-refractivity contribution is 0.0981. The molecule has 0 aliphatic rings. The van der Waals surface area contributed by atoms with Crippen molar-refractivity contribution in [3.05, 3.63) is 63.8 Å². The zero-order valence-electron chi connectivity index (χ0n) is 14.7. The minimum atomic E-state index is -3.92. The number of aryl methyl sites for hydroxylation is 2. The number of rotatable bonds is 4. The number of hydrogen-bond donors (Lipinski definition) is 1. The van der Waals surface area contributed by atoms with Gasteiger partial charge in [-0.2, -0.15) is 0 Å². The number of nitrogens with one attached hydrogen (secondary N) is 1. The molecule has 0 radical (unpaired) electrons. The first-order valence-corrected chi connectivity index (χ1v) is 10.4. The number of carbonyl (C=O) groups is 1. The molecule has 1 N–H and O–H groups in total. The second-order valence-electron chi connectivity index (χ2n) is 6.08. The van der Waals surface area contributed by atoms with E-state index in [1.807, 2.05) is 19.9 Å². The Bertz CT molecular complexity index is 1100. The Hall–Kier alpha value is -2.12. The largest absolute Gasteiger partial charge is 0.345 e. The monoisotopic (exact) mass is 434 g/mol. The number of benzene rings is 2. The Morgan fingerprint density at radius 2 is 1.77 bits per heavy atom. The smallest absolute Gasteiger partial charge is 0.265 e. The molecule has 7 heteroatoms. The first kappa shape index (κ1) is 18.7. The Morgan fingerprint density at radius 3 is 2.38 bits per heavy atom. The average Bonchev–Trinajstić information content (AvgIpc) is 2.85. The van der Waals surface area contributed by atoms with E-state index in [0.717, 1.165) is 33.2 Å². The molecule has 2 aromatic carbocycles. The van der Waals surface area contributed by atoms with Gasteiger partial charge in [-0.05, 0) is 68.8 Å². The third-order valence-corrected chi connectivity index (χ3v) is 6.44. The van der Waals surface area contributed by atoms with Gasteiger partial charge in [-0.15, -0.1) is 0 Å². The van der Waals surface area contributed by atoms with Gasteiger partial charge in [0.25, 0.3) is 15.9 Å². The lowest BCUT2D eigenvalue weighted by Crippen LogP contribution is -2.30. The van der Waals surface area contributed by atoms with Crippen molar-refractivity contribution < 1.29 is 13.2 Å². The molecule has 0 bridgehead atoms. The highest BCUT2D eigenvalue weighted by Crippen LogP contribution is 2.26. The molecule has 26 heavy (non-hydrogen) atoms. The maximum absolute atomic E-state index is 12.5. The van der Waals surface area contributed by atoms with E-state index in [0.29, 0.717) is 5.56 Å². The Kier molecular flexibility index (Phi) is 4.94. The van der Waals surface area contributed by atoms with E-state index in [-0.39, 0.29) is 4.90 Å². The molecule has 3 aromatic rings. The van der Waals surface area contributed by atoms with Gasteiger partial charge < -0.3 is 4.57 Å². The van der Waals surface area contributed by atoms with Crippen molar-refractivity contribution in [2.24, 2.45) is 0 Å². The molecule has 0 unspecified atom stereocenters. The molecule has 5 nitrogen and oxygen atoms in total. The summed E-state index contributed by atoms with van der Waals surface area (Å²) in [5.74, 6) is -0.642. The number of sulfonamides is 1. The molecule has 3 rings (SSSR count). The van der Waals surface area contributed by atoms with Crippen molar-refractivity contribution >= 4 is 42.8 Å². The minimum absolute atomic E-state index is 0.0410. The molecule has 0 saturated heterocycles. The summed E-state index contributed by atoms with van der Waals surface area (Å²) < 4.78 is 29.9. The van der Waals surface area contributed by atoms with E-state index >= 15 is 0 Å². The number of aromatic nitrogens is 1. The van der Waals surface area contributed by atoms with Crippen LogP contribution in [0.4, 0.5) is 0 Å². The maximum atomic E-state index is 12.5. The Balaban J connectivity index is 1.95. The van der Waals surface area contributed by atoms with Crippen molar-refractivity contribution in [1.82, 2.24) is 9.29 Å². The number of carbonyl (C=O) groups excluding carboxylic acids is 1. The molecule has 0 saturated carbocycles. The van der Waals surface area contributed by atoms with Crippen LogP contribution in [0.15, 0.2) is 51.8 Å². The van der Waals surface area contributed by atoms with Crippen LogP contribution in [0.3, 0.4) is 0 Å². The molecule has 0 spiro atoms. The highest BCUT2D eigenvalue weighted by Gasteiger charge is 2.20. The van der Waals surface area contributed by atoms with E-state index in [9.17, 15) is 13.2 Å². The molecule has 1 aromatic heterocycles. The van der Waals surface area contributed by atoms with Crippen molar-refractivity contribution in [3.63, 3.8) is 0 Å². The molecule has 0 atom stereocenters. The zero-order valence-corrected chi connectivity index (χ0v) is 17.1. The summed E-state index contributed by atoms with van der Waals surface area (Å²) in [4.78, 5) is 12.6. The predicted molar refractivity (Wildman–Crippen MR) is 106 cm³/mol. The number of halogens is 1. The summed E-state index contributed by atoms with van der Waals surface area (Å²) in [6.07, 6.45) is 0. The molecular formula is C19H19BrN2O3S. The van der Waals surface area contributed by atoms with Gasteiger partial charge >= 0.3 is 0 Å². The van der Waals surface area contributed by atoms with E-state index < -0.39 is 15.9 Å². The average molecular weight is 435 g/mol. The maximum Gasteiger partial charge on any atom is 0.265 e. The van der Waals surface area contributed by atoms with Crippen molar-refractivity contribution in [3.8, 4) is 0 Å². The normalized spacial score (nSPS) is 11.7. The van der Waals surface area contributed by atoms with Crippen molar-refractivity contribution in [2.45, 2.75) is 32.2 Å². The second kappa shape index (κ2) is 6.89. The highest BCUT2D eigenvalue weighted by atomic mass is 79.9. The quantitative estimate of drug-likeness (QED) is 0.669. The fourth-order valence-corrected chi connectivity index (χ4v) is 4.29. The van der Waals surface area contributed by atoms with Gasteiger partial charge in [0.1, 0.15) is 0 Å². The zero-order chi connectivity index (χ0) is 19.1. The van der Waals surface area contributed by atoms with E-state index in [2.05, 4.69) is 32.1 Å². The lowest BCUT2D eigenvalue weighted by Gasteiger charge is -2.08. The topological polar surface area (TPSA) is 68.2 Å². The van der Waals surface area contributed by atoms with Gasteiger partial charge in [0.15, 0.2) is 0 Å². The van der Waals surface area contributed by atoms with Gasteiger partial charge in [-0.25, -0.2) is 13.1 Å². The molecule has 136 valence electrons. The predicted octanol–water partition coefficient (Wildman–Crippen LogP) is 4.16. The number of amides is 1. The minimum Gasteiger partial charge on any atom is -0.345 e. The molecule has 0 fully saturated rings. The van der Waals surface area contributed by atoms with Crippen LogP contribution in [-0.2, 0) is 16.6 Å². The fraction of sp³-hybridized carbons (Fsp3) is 0.211. The van der Waals surface area contributed by atoms with E-state index in [1.165, 1.54) is 12.1 Å². The third-order valence-electron chi connectivity index (χ3n) is 4.57. The van der Waals surface area contributed by atoms with Crippen molar-refractivity contribution in [2.75, 3.05) is 0 Å². The number of fused-ring (bicyclic) bond motifs is 1. The van der Waals surface area contributed by atoms with Crippen LogP contribution in [0.25, 0.3) is 10.9 Å². The number of hydrogen-bond acceptors (Lipinski definition) is 3. The van der Waals surface area contributed by atoms with Crippen LogP contribution in [0.2, 0.25) is 0 Å². The first-order valence-electron chi connectivity index (χ1n) is 8.16. The Morgan fingerprint density at radius 1 is 1.12 bits per heavy atom. The van der Waals surface area contributed by atoms with Crippen LogP contribution >= 0.6 is 15.9 Å². The lowest BCUT2D eigenvalue weighted by atomic mass is 10.1. The molecule has 1 heterocycles. The van der Waals surface area contributed by atoms with Crippen LogP contribution in [-0.4, -0.2) is 18.9 Å². The summed E-state index contributed by atoms with van der Waals surface area (Å²) >= 11 is 3.26. The summed E-state index contributed by atoms with van der Waals surface area (Å²) in [5, 5.41) is 0.957. The highest BCUT2D eigenvalue weighted by molar-refractivity contribution is 9.10. The van der Waals surface area contributed by atoms with Crippen molar-refractivity contribution in [1.29, 1.82) is 0 Å². The standard InChI is InChI=1S/C19H19BrN2O3S/c1-4-22-13(3)12(2)17-11-14(5-10-18(17)22)19(23)21-26(24,25)16-8-6-15(20)7-9-16/h5-11H,4H2,1-3H3,(H,21,23). The molecule has 0 aliphatic heterocycles. The van der Waals surface area contributed by atoms with Gasteiger partial charge in [0.2, 0.25) is 0 Å². The van der Waals surface area contributed by atoms with Crippen LogP contribution in [0.5, 0.6) is 0 Å². The summed E-state index contributed by atoms with van der Waals surface area (Å²) in [7, 11) is -3.92. The molecule has 1 amide bonds. The molecular weight excluding hydrogens is 416 g/mol. The SMILES string of the molecule is CCn1c(C)c(C)c2cc(C(=O)NS(=O)(=O)c3ccc(Br)cc3)ccc21. The fourth-order valence-electron chi connectivity index (χ4n) is 3.05.